The molecule has 0 saturated heterocycles. The van der Waals surface area contributed by atoms with Crippen LogP contribution in [0.5, 0.6) is 0 Å². The van der Waals surface area contributed by atoms with Gasteiger partial charge in [0.25, 0.3) is 0 Å². The molecule has 0 bridgehead atoms. The van der Waals surface area contributed by atoms with Crippen molar-refractivity contribution in [2.75, 3.05) is 0 Å². The second kappa shape index (κ2) is 2.25. The molecule has 8 heavy (non-hydrogen) atoms. The predicted octanol–water partition coefficient (Wildman–Crippen LogP) is 4.13. The molecule has 56 valence electrons. The van der Waals surface area contributed by atoms with Crippen LogP contribution in [0.1, 0.15) is 0 Å². The van der Waals surface area contributed by atoms with E-state index in [1.54, 1.807) is 0 Å². The summed E-state index contributed by atoms with van der Waals surface area (Å²) >= 11 is 0. The van der Waals surface area contributed by atoms with Gasteiger partial charge in [0.2, 0.25) is 0 Å². The van der Waals surface area contributed by atoms with E-state index in [0.717, 1.165) is 0 Å². The summed E-state index contributed by atoms with van der Waals surface area (Å²) in [6, 6.07) is 0. The van der Waals surface area contributed by atoms with Gasteiger partial charge in [-0.2, -0.15) is 0 Å². The molecule has 0 unspecified atom stereocenters. The minimum absolute atomic E-state index is 0. The Kier molecular flexibility index (Phi) is 3.69. The maximum Gasteiger partial charge on any atom is -0.369 e. The SMILES string of the molecule is [Cl][Sb-]([Cl])([Cl])([Cl])([Cl])[Cl].[NH4+]. The van der Waals surface area contributed by atoms with Crippen LogP contribution in [0.15, 0.2) is 0 Å². The number of hydrogen-bond acceptors (Lipinski definition) is 0. The van der Waals surface area contributed by atoms with E-state index < -0.39 is 9.14 Å². The van der Waals surface area contributed by atoms with Crippen LogP contribution in [-0.2, 0) is 0 Å². The van der Waals surface area contributed by atoms with Crippen LogP contribution in [0.3, 0.4) is 0 Å². The van der Waals surface area contributed by atoms with E-state index in [4.69, 9.17) is 53.0 Å². The van der Waals surface area contributed by atoms with Gasteiger partial charge in [0.05, 0.1) is 0 Å². The topological polar surface area (TPSA) is 36.5 Å². The van der Waals surface area contributed by atoms with Crippen LogP contribution < -0.4 is 6.15 Å². The summed E-state index contributed by atoms with van der Waals surface area (Å²) in [5.74, 6) is 0. The van der Waals surface area contributed by atoms with E-state index in [-0.39, 0.29) is 6.15 Å². The first kappa shape index (κ1) is 13.1. The van der Waals surface area contributed by atoms with Gasteiger partial charge in [0, 0.05) is 0 Å². The standard InChI is InChI=1S/6ClH.H3N.Sb/h6*1H;1H3;/q;;;;;;;+5/p-5. The minimum Gasteiger partial charge on any atom is -0.369 e. The molecule has 4 N–H and O–H groups in total. The van der Waals surface area contributed by atoms with Gasteiger partial charge in [0.15, 0.2) is 0 Å². The summed E-state index contributed by atoms with van der Waals surface area (Å²) in [4.78, 5) is 0. The molecule has 0 saturated carbocycles. The van der Waals surface area contributed by atoms with Gasteiger partial charge in [-0.05, 0) is 0 Å². The molecule has 0 aliphatic carbocycles. The molecular formula is H4Cl6NSb. The van der Waals surface area contributed by atoms with Crippen molar-refractivity contribution >= 4 is 62.1 Å². The maximum atomic E-state index is 5.06. The van der Waals surface area contributed by atoms with Crippen molar-refractivity contribution in [2.24, 2.45) is 0 Å². The zero-order valence-electron chi connectivity index (χ0n) is 3.72. The molecule has 0 amide bonds. The molecule has 0 spiro atoms. The smallest absolute Gasteiger partial charge is 0.369 e. The van der Waals surface area contributed by atoms with Crippen LogP contribution in [0.25, 0.3) is 0 Å². The van der Waals surface area contributed by atoms with Crippen molar-refractivity contribution in [1.29, 1.82) is 0 Å². The molecule has 0 heterocycles. The number of hydrogen-bond donors (Lipinski definition) is 1. The van der Waals surface area contributed by atoms with Crippen LogP contribution in [0.2, 0.25) is 0 Å². The van der Waals surface area contributed by atoms with Gasteiger partial charge in [0.1, 0.15) is 0 Å². The second-order valence-corrected chi connectivity index (χ2v) is 57.9. The monoisotopic (exact) mass is 349 g/mol. The first-order chi connectivity index (χ1) is 2.45. The second-order valence-electron chi connectivity index (χ2n) is 0.958. The molecule has 0 aliphatic rings. The van der Waals surface area contributed by atoms with E-state index in [2.05, 4.69) is 0 Å². The average Bonchev–Trinajstić information content (AvgIpc) is 0.592. The van der Waals surface area contributed by atoms with E-state index in [0.29, 0.717) is 0 Å². The normalized spacial score (nSPS) is 20.2. The van der Waals surface area contributed by atoms with Crippen molar-refractivity contribution in [3.8, 4) is 0 Å². The summed E-state index contributed by atoms with van der Waals surface area (Å²) in [5, 5.41) is 0. The number of quaternary nitrogens is 1. The first-order valence-electron chi connectivity index (χ1n) is 1.01. The van der Waals surface area contributed by atoms with E-state index in [1.165, 1.54) is 0 Å². The zero-order valence-corrected chi connectivity index (χ0v) is 10.8. The van der Waals surface area contributed by atoms with Crippen LogP contribution >= 0.6 is 53.0 Å². The van der Waals surface area contributed by atoms with Gasteiger partial charge in [-0.15, -0.1) is 0 Å². The molecular weight excluding hydrogens is 348 g/mol. The third kappa shape index (κ3) is 75.9. The van der Waals surface area contributed by atoms with Crippen LogP contribution in [0.4, 0.5) is 0 Å². The Hall–Kier alpha value is 2.52. The molecule has 0 fully saturated rings. The summed E-state index contributed by atoms with van der Waals surface area (Å²) in [6.45, 7) is 0. The Bertz CT molecular complexity index is 67.1. The molecule has 0 radical (unpaired) electrons. The Morgan fingerprint density at radius 3 is 0.625 bits per heavy atom. The minimum atomic E-state index is -5.42. The third-order valence-corrected chi connectivity index (χ3v) is 0. The molecule has 0 aromatic carbocycles. The van der Waals surface area contributed by atoms with Crippen molar-refractivity contribution < 1.29 is 0 Å². The molecule has 0 rings (SSSR count). The quantitative estimate of drug-likeness (QED) is 0.637. The van der Waals surface area contributed by atoms with Gasteiger partial charge in [-0.3, -0.25) is 0 Å². The molecule has 0 aromatic rings. The number of halogens is 6. The molecule has 8 heteroatoms. The molecule has 0 aliphatic heterocycles. The maximum absolute atomic E-state index is 5.42. The van der Waals surface area contributed by atoms with Gasteiger partial charge >= 0.3 is 62.1 Å². The third-order valence-electron chi connectivity index (χ3n) is 0. The Morgan fingerprint density at radius 2 is 0.625 bits per heavy atom. The predicted molar refractivity (Wildman–Crippen MR) is 46.9 cm³/mol. The number of rotatable bonds is 0. The van der Waals surface area contributed by atoms with Crippen molar-refractivity contribution in [3.63, 3.8) is 0 Å². The Morgan fingerprint density at radius 1 is 0.625 bits per heavy atom. The molecule has 1 nitrogen and oxygen atoms in total. The summed E-state index contributed by atoms with van der Waals surface area (Å²) < 4.78 is 0. The summed E-state index contributed by atoms with van der Waals surface area (Å²) in [6.07, 6.45) is 0. The zero-order chi connectivity index (χ0) is 6.41. The van der Waals surface area contributed by atoms with Crippen molar-refractivity contribution in [1.82, 2.24) is 6.15 Å². The van der Waals surface area contributed by atoms with Gasteiger partial charge in [-0.25, -0.2) is 0 Å². The van der Waals surface area contributed by atoms with Crippen LogP contribution in [-0.4, -0.2) is 9.14 Å². The fraction of sp³-hybridized carbons (Fsp3) is 0. The van der Waals surface area contributed by atoms with Crippen molar-refractivity contribution in [2.45, 2.75) is 0 Å². The molecule has 0 aromatic heterocycles. The average molecular weight is 353 g/mol. The molecule has 0 atom stereocenters. The largest absolute Gasteiger partial charge is 0.369 e. The van der Waals surface area contributed by atoms with Crippen LogP contribution in [0, 0.1) is 0 Å². The van der Waals surface area contributed by atoms with E-state index in [9.17, 15) is 0 Å². The Balaban J connectivity index is 0. The first-order valence-corrected chi connectivity index (χ1v) is 20.4. The summed E-state index contributed by atoms with van der Waals surface area (Å²) in [5.41, 5.74) is 0. The van der Waals surface area contributed by atoms with E-state index in [1.807, 2.05) is 0 Å². The van der Waals surface area contributed by atoms with Gasteiger partial charge < -0.3 is 6.15 Å². The Labute approximate surface area is 67.2 Å². The fourth-order valence-electron chi connectivity index (χ4n) is 0. The van der Waals surface area contributed by atoms with Crippen molar-refractivity contribution in [3.05, 3.63) is 0 Å². The van der Waals surface area contributed by atoms with E-state index >= 15 is 0 Å². The fourth-order valence-corrected chi connectivity index (χ4v) is 0. The van der Waals surface area contributed by atoms with Gasteiger partial charge in [-0.1, -0.05) is 0 Å². The summed E-state index contributed by atoms with van der Waals surface area (Å²) in [7, 11) is 25.0.